The molecule has 2 rings (SSSR count). The summed E-state index contributed by atoms with van der Waals surface area (Å²) in [4.78, 5) is 0. The van der Waals surface area contributed by atoms with Crippen molar-refractivity contribution < 1.29 is 0 Å². The molecule has 1 saturated carbocycles. The number of rotatable bonds is 3. The summed E-state index contributed by atoms with van der Waals surface area (Å²) in [5.74, 6) is 0. The van der Waals surface area contributed by atoms with Crippen LogP contribution in [-0.2, 0) is 0 Å². The van der Waals surface area contributed by atoms with Crippen LogP contribution in [0.4, 0.5) is 0 Å². The second-order valence-corrected chi connectivity index (χ2v) is 6.24. The fourth-order valence-electron chi connectivity index (χ4n) is 1.85. The molecule has 0 radical (unpaired) electrons. The van der Waals surface area contributed by atoms with E-state index in [9.17, 15) is 0 Å². The lowest BCUT2D eigenvalue weighted by atomic mass is 10.2. The molecule has 5 heteroatoms. The van der Waals surface area contributed by atoms with Crippen molar-refractivity contribution in [2.24, 2.45) is 0 Å². The van der Waals surface area contributed by atoms with Crippen LogP contribution >= 0.6 is 23.1 Å². The maximum Gasteiger partial charge on any atom is 0.174 e. The summed E-state index contributed by atoms with van der Waals surface area (Å²) < 4.78 is 1.12. The molecule has 0 bridgehead atoms. The predicted octanol–water partition coefficient (Wildman–Crippen LogP) is 2.08. The highest BCUT2D eigenvalue weighted by atomic mass is 32.2. The Bertz CT molecular complexity index is 300. The first kappa shape index (κ1) is 10.4. The molecule has 1 aromatic rings. The third-order valence-corrected chi connectivity index (χ3v) is 4.91. The topological polar surface area (TPSA) is 37.8 Å². The predicted molar refractivity (Wildman–Crippen MR) is 61.0 cm³/mol. The van der Waals surface area contributed by atoms with Gasteiger partial charge in [0.15, 0.2) is 4.34 Å². The minimum atomic E-state index is 0.657. The van der Waals surface area contributed by atoms with Gasteiger partial charge in [0.2, 0.25) is 0 Å². The fourth-order valence-corrected chi connectivity index (χ4v) is 4.26. The lowest BCUT2D eigenvalue weighted by Gasteiger charge is -2.16. The summed E-state index contributed by atoms with van der Waals surface area (Å²) in [5.41, 5.74) is 0. The zero-order valence-electron chi connectivity index (χ0n) is 8.49. The Morgan fingerprint density at radius 3 is 2.93 bits per heavy atom. The minimum Gasteiger partial charge on any atom is -0.316 e. The molecule has 0 amide bonds. The second kappa shape index (κ2) is 4.59. The van der Waals surface area contributed by atoms with Gasteiger partial charge >= 0.3 is 0 Å². The molecule has 78 valence electrons. The largest absolute Gasteiger partial charge is 0.316 e. The quantitative estimate of drug-likeness (QED) is 0.861. The van der Waals surface area contributed by atoms with Gasteiger partial charge in [0.05, 0.1) is 0 Å². The molecule has 0 saturated heterocycles. The van der Waals surface area contributed by atoms with E-state index < -0.39 is 0 Å². The van der Waals surface area contributed by atoms with Gasteiger partial charge in [0.25, 0.3) is 0 Å². The average molecular weight is 229 g/mol. The van der Waals surface area contributed by atoms with E-state index in [1.807, 2.05) is 18.7 Å². The van der Waals surface area contributed by atoms with Crippen LogP contribution in [-0.4, -0.2) is 28.5 Å². The molecular formula is C9H15N3S2. The summed E-state index contributed by atoms with van der Waals surface area (Å²) in [5, 5.41) is 13.3. The molecule has 14 heavy (non-hydrogen) atoms. The molecule has 2 atom stereocenters. The van der Waals surface area contributed by atoms with Gasteiger partial charge in [0.1, 0.15) is 5.01 Å². The van der Waals surface area contributed by atoms with Crippen LogP contribution in [0.3, 0.4) is 0 Å². The van der Waals surface area contributed by atoms with Gasteiger partial charge < -0.3 is 5.32 Å². The summed E-state index contributed by atoms with van der Waals surface area (Å²) >= 11 is 3.59. The number of aromatic nitrogens is 2. The average Bonchev–Trinajstić information content (AvgIpc) is 2.76. The van der Waals surface area contributed by atoms with Crippen molar-refractivity contribution in [3.05, 3.63) is 5.01 Å². The van der Waals surface area contributed by atoms with Crippen molar-refractivity contribution >= 4 is 23.1 Å². The molecule has 1 fully saturated rings. The summed E-state index contributed by atoms with van der Waals surface area (Å²) in [6.07, 6.45) is 3.93. The molecule has 1 N–H and O–H groups in total. The summed E-state index contributed by atoms with van der Waals surface area (Å²) in [6.45, 7) is 2.01. The Hall–Kier alpha value is -0.130. The highest BCUT2D eigenvalue weighted by molar-refractivity contribution is 8.01. The van der Waals surface area contributed by atoms with Crippen LogP contribution in [0.25, 0.3) is 0 Å². The molecule has 1 aliphatic carbocycles. The third kappa shape index (κ3) is 2.27. The molecule has 3 nitrogen and oxygen atoms in total. The van der Waals surface area contributed by atoms with Gasteiger partial charge in [-0.15, -0.1) is 10.2 Å². The first-order valence-corrected chi connectivity index (χ1v) is 6.63. The summed E-state index contributed by atoms with van der Waals surface area (Å²) in [7, 11) is 2.05. The van der Waals surface area contributed by atoms with Gasteiger partial charge in [-0.1, -0.05) is 29.5 Å². The third-order valence-electron chi connectivity index (χ3n) is 2.58. The van der Waals surface area contributed by atoms with Gasteiger partial charge in [-0.05, 0) is 26.8 Å². The minimum absolute atomic E-state index is 0.657. The Morgan fingerprint density at radius 2 is 2.29 bits per heavy atom. The number of nitrogens with zero attached hydrogens (tertiary/aromatic N) is 2. The molecular weight excluding hydrogens is 214 g/mol. The van der Waals surface area contributed by atoms with E-state index in [2.05, 4.69) is 22.6 Å². The van der Waals surface area contributed by atoms with E-state index in [1.54, 1.807) is 11.3 Å². The van der Waals surface area contributed by atoms with E-state index in [0.717, 1.165) is 9.35 Å². The Balaban J connectivity index is 1.96. The molecule has 1 aliphatic rings. The zero-order chi connectivity index (χ0) is 9.97. The van der Waals surface area contributed by atoms with Crippen LogP contribution in [0.1, 0.15) is 24.3 Å². The van der Waals surface area contributed by atoms with E-state index in [4.69, 9.17) is 0 Å². The van der Waals surface area contributed by atoms with Gasteiger partial charge in [-0.2, -0.15) is 0 Å². The number of nitrogens with one attached hydrogen (secondary N) is 1. The molecule has 0 aliphatic heterocycles. The highest BCUT2D eigenvalue weighted by Gasteiger charge is 2.27. The van der Waals surface area contributed by atoms with Crippen molar-refractivity contribution in [2.75, 3.05) is 7.05 Å². The number of hydrogen-bond acceptors (Lipinski definition) is 5. The van der Waals surface area contributed by atoms with Crippen molar-refractivity contribution in [2.45, 2.75) is 41.8 Å². The van der Waals surface area contributed by atoms with Crippen LogP contribution in [0.5, 0.6) is 0 Å². The fraction of sp³-hybridized carbons (Fsp3) is 0.778. The van der Waals surface area contributed by atoms with E-state index in [1.165, 1.54) is 19.3 Å². The van der Waals surface area contributed by atoms with Crippen molar-refractivity contribution in [3.8, 4) is 0 Å². The maximum absolute atomic E-state index is 4.15. The molecule has 0 aromatic carbocycles. The normalized spacial score (nSPS) is 27.0. The van der Waals surface area contributed by atoms with Crippen LogP contribution < -0.4 is 5.32 Å². The lowest BCUT2D eigenvalue weighted by molar-refractivity contribution is 0.591. The monoisotopic (exact) mass is 229 g/mol. The molecule has 1 aromatic heterocycles. The number of thioether (sulfide) groups is 1. The van der Waals surface area contributed by atoms with Crippen molar-refractivity contribution in [3.63, 3.8) is 0 Å². The second-order valence-electron chi connectivity index (χ2n) is 3.57. The van der Waals surface area contributed by atoms with Gasteiger partial charge in [-0.25, -0.2) is 0 Å². The van der Waals surface area contributed by atoms with Crippen LogP contribution in [0, 0.1) is 6.92 Å². The maximum atomic E-state index is 4.15. The van der Waals surface area contributed by atoms with Gasteiger partial charge in [0, 0.05) is 11.3 Å². The lowest BCUT2D eigenvalue weighted by Crippen LogP contribution is -2.30. The van der Waals surface area contributed by atoms with Crippen molar-refractivity contribution in [1.82, 2.24) is 15.5 Å². The SMILES string of the molecule is CNC1CCCC1Sc1nnc(C)s1. The molecule has 0 spiro atoms. The first-order valence-electron chi connectivity index (χ1n) is 4.93. The Morgan fingerprint density at radius 1 is 1.43 bits per heavy atom. The Kier molecular flexibility index (Phi) is 3.41. The molecule has 2 unspecified atom stereocenters. The van der Waals surface area contributed by atoms with E-state index in [-0.39, 0.29) is 0 Å². The standard InChI is InChI=1S/C9H15N3S2/c1-6-11-12-9(13-6)14-8-5-3-4-7(8)10-2/h7-8,10H,3-5H2,1-2H3. The van der Waals surface area contributed by atoms with Crippen LogP contribution in [0.15, 0.2) is 4.34 Å². The number of hydrogen-bond donors (Lipinski definition) is 1. The number of aryl methyl sites for hydroxylation is 1. The van der Waals surface area contributed by atoms with Crippen molar-refractivity contribution in [1.29, 1.82) is 0 Å². The molecule has 1 heterocycles. The first-order chi connectivity index (χ1) is 6.79. The highest BCUT2D eigenvalue weighted by Crippen LogP contribution is 2.35. The smallest absolute Gasteiger partial charge is 0.174 e. The summed E-state index contributed by atoms with van der Waals surface area (Å²) in [6, 6.07) is 0.657. The van der Waals surface area contributed by atoms with Crippen LogP contribution in [0.2, 0.25) is 0 Å². The van der Waals surface area contributed by atoms with E-state index in [0.29, 0.717) is 11.3 Å². The van der Waals surface area contributed by atoms with E-state index >= 15 is 0 Å². The Labute approximate surface area is 92.7 Å². The zero-order valence-corrected chi connectivity index (χ0v) is 10.1. The van der Waals surface area contributed by atoms with Gasteiger partial charge in [-0.3, -0.25) is 0 Å².